The first-order valence-electron chi connectivity index (χ1n) is 8.91. The number of hydrogen-bond donors (Lipinski definition) is 1. The Bertz CT molecular complexity index is 830. The summed E-state index contributed by atoms with van der Waals surface area (Å²) in [6.45, 7) is 6.09. The zero-order valence-electron chi connectivity index (χ0n) is 14.7. The molecule has 7 nitrogen and oxygen atoms in total. The number of aromatic amines is 1. The van der Waals surface area contributed by atoms with Crippen molar-refractivity contribution in [3.63, 3.8) is 0 Å². The molecule has 0 saturated carbocycles. The number of carbonyl (C=O) groups is 2. The lowest BCUT2D eigenvalue weighted by molar-refractivity contribution is -0.147. The second-order valence-electron chi connectivity index (χ2n) is 7.48. The molecule has 1 spiro atoms. The first-order valence-corrected chi connectivity index (χ1v) is 8.91. The molecule has 2 fully saturated rings. The van der Waals surface area contributed by atoms with E-state index in [1.165, 1.54) is 0 Å². The summed E-state index contributed by atoms with van der Waals surface area (Å²) in [6, 6.07) is 5.55. The lowest BCUT2D eigenvalue weighted by Gasteiger charge is -2.41. The molecule has 0 aliphatic carbocycles. The Kier molecular flexibility index (Phi) is 3.74. The van der Waals surface area contributed by atoms with Gasteiger partial charge >= 0.3 is 0 Å². The van der Waals surface area contributed by atoms with E-state index in [0.717, 1.165) is 31.3 Å². The average Bonchev–Trinajstić information content (AvgIpc) is 3.23. The molecule has 4 rings (SSSR count). The van der Waals surface area contributed by atoms with Crippen molar-refractivity contribution in [3.05, 3.63) is 23.8 Å². The molecule has 2 saturated heterocycles. The van der Waals surface area contributed by atoms with Crippen LogP contribution >= 0.6 is 0 Å². The van der Waals surface area contributed by atoms with Gasteiger partial charge in [-0.2, -0.15) is 15.4 Å². The molecule has 2 aliphatic rings. The Balaban J connectivity index is 1.55. The summed E-state index contributed by atoms with van der Waals surface area (Å²) in [6.07, 6.45) is 2.64. The molecule has 2 aromatic rings. The minimum Gasteiger partial charge on any atom is -0.340 e. The van der Waals surface area contributed by atoms with Crippen LogP contribution in [0.15, 0.2) is 18.2 Å². The van der Waals surface area contributed by atoms with Gasteiger partial charge in [0.05, 0.1) is 5.41 Å². The van der Waals surface area contributed by atoms with Crippen LogP contribution in [0.5, 0.6) is 0 Å². The van der Waals surface area contributed by atoms with E-state index < -0.39 is 5.41 Å². The van der Waals surface area contributed by atoms with Crippen molar-refractivity contribution < 1.29 is 9.59 Å². The van der Waals surface area contributed by atoms with Gasteiger partial charge in [-0.25, -0.2) is 0 Å². The third-order valence-electron chi connectivity index (χ3n) is 5.60. The highest BCUT2D eigenvalue weighted by molar-refractivity contribution is 5.98. The molecule has 25 heavy (non-hydrogen) atoms. The van der Waals surface area contributed by atoms with E-state index in [1.807, 2.05) is 9.80 Å². The van der Waals surface area contributed by atoms with Crippen LogP contribution in [0.4, 0.5) is 0 Å². The molecule has 3 heterocycles. The molecular formula is C18H23N5O2. The van der Waals surface area contributed by atoms with Crippen molar-refractivity contribution in [1.82, 2.24) is 25.2 Å². The second-order valence-corrected chi connectivity index (χ2v) is 7.48. The number of aromatic nitrogens is 3. The maximum absolute atomic E-state index is 13.0. The maximum Gasteiger partial charge on any atom is 0.253 e. The van der Waals surface area contributed by atoms with Crippen LogP contribution in [-0.4, -0.2) is 62.7 Å². The van der Waals surface area contributed by atoms with E-state index in [0.29, 0.717) is 24.2 Å². The summed E-state index contributed by atoms with van der Waals surface area (Å²) in [5.74, 6) is 0.187. The fourth-order valence-electron chi connectivity index (χ4n) is 4.17. The van der Waals surface area contributed by atoms with Gasteiger partial charge in [-0.3, -0.25) is 9.59 Å². The quantitative estimate of drug-likeness (QED) is 0.903. The summed E-state index contributed by atoms with van der Waals surface area (Å²) >= 11 is 0. The predicted octanol–water partition coefficient (Wildman–Crippen LogP) is 1.82. The molecule has 2 amide bonds. The monoisotopic (exact) mass is 341 g/mol. The fourth-order valence-corrected chi connectivity index (χ4v) is 4.17. The summed E-state index contributed by atoms with van der Waals surface area (Å²) in [4.78, 5) is 29.7. The van der Waals surface area contributed by atoms with E-state index in [4.69, 9.17) is 0 Å². The molecular weight excluding hydrogens is 318 g/mol. The third kappa shape index (κ3) is 2.58. The molecule has 2 aliphatic heterocycles. The molecule has 0 radical (unpaired) electrons. The SMILES string of the molecule is CC(C)N1CCC[C@@]2(CCN(C(=O)c3ccc4n[nH]nc4c3)C2)C1=O. The molecule has 132 valence electrons. The van der Waals surface area contributed by atoms with Crippen LogP contribution in [0.1, 0.15) is 43.5 Å². The van der Waals surface area contributed by atoms with Crippen LogP contribution < -0.4 is 0 Å². The molecule has 1 N–H and O–H groups in total. The van der Waals surface area contributed by atoms with Gasteiger partial charge in [-0.15, -0.1) is 0 Å². The number of carbonyl (C=O) groups excluding carboxylic acids is 2. The predicted molar refractivity (Wildman–Crippen MR) is 92.9 cm³/mol. The van der Waals surface area contributed by atoms with Crippen molar-refractivity contribution in [2.75, 3.05) is 19.6 Å². The second kappa shape index (κ2) is 5.82. The van der Waals surface area contributed by atoms with Gasteiger partial charge in [0.15, 0.2) is 0 Å². The van der Waals surface area contributed by atoms with Crippen LogP contribution in [-0.2, 0) is 4.79 Å². The summed E-state index contributed by atoms with van der Waals surface area (Å²) in [5.41, 5.74) is 1.63. The molecule has 1 aromatic carbocycles. The van der Waals surface area contributed by atoms with Crippen molar-refractivity contribution in [1.29, 1.82) is 0 Å². The van der Waals surface area contributed by atoms with Gasteiger partial charge in [0.2, 0.25) is 5.91 Å². The lowest BCUT2D eigenvalue weighted by Crippen LogP contribution is -2.52. The number of rotatable bonds is 2. The number of amides is 2. The zero-order valence-corrected chi connectivity index (χ0v) is 14.7. The number of H-pyrrole nitrogens is 1. The summed E-state index contributed by atoms with van der Waals surface area (Å²) in [5, 5.41) is 10.6. The highest BCUT2D eigenvalue weighted by Gasteiger charge is 2.49. The van der Waals surface area contributed by atoms with Gasteiger partial charge in [-0.05, 0) is 51.3 Å². The van der Waals surface area contributed by atoms with Crippen LogP contribution in [0, 0.1) is 5.41 Å². The van der Waals surface area contributed by atoms with Crippen molar-refractivity contribution >= 4 is 22.8 Å². The third-order valence-corrected chi connectivity index (χ3v) is 5.60. The summed E-state index contributed by atoms with van der Waals surface area (Å²) < 4.78 is 0. The lowest BCUT2D eigenvalue weighted by atomic mass is 9.78. The first kappa shape index (κ1) is 16.1. The minimum atomic E-state index is -0.393. The van der Waals surface area contributed by atoms with E-state index in [2.05, 4.69) is 29.3 Å². The largest absolute Gasteiger partial charge is 0.340 e. The van der Waals surface area contributed by atoms with Gasteiger partial charge in [-0.1, -0.05) is 0 Å². The highest BCUT2D eigenvalue weighted by Crippen LogP contribution is 2.41. The summed E-state index contributed by atoms with van der Waals surface area (Å²) in [7, 11) is 0. The van der Waals surface area contributed by atoms with Crippen LogP contribution in [0.25, 0.3) is 11.0 Å². The van der Waals surface area contributed by atoms with Crippen molar-refractivity contribution in [3.8, 4) is 0 Å². The van der Waals surface area contributed by atoms with Crippen LogP contribution in [0.2, 0.25) is 0 Å². The Hall–Kier alpha value is -2.44. The van der Waals surface area contributed by atoms with Gasteiger partial charge in [0.1, 0.15) is 11.0 Å². The standard InChI is InChI=1S/C18H23N5O2/c1-12(2)23-8-3-6-18(17(23)25)7-9-22(11-18)16(24)13-4-5-14-15(10-13)20-21-19-14/h4-5,10,12H,3,6-9,11H2,1-2H3,(H,19,20,21)/t18-/m0/s1. The number of nitrogens with one attached hydrogen (secondary N) is 1. The molecule has 0 bridgehead atoms. The highest BCUT2D eigenvalue weighted by atomic mass is 16.2. The van der Waals surface area contributed by atoms with Gasteiger partial charge in [0, 0.05) is 31.2 Å². The molecule has 1 aromatic heterocycles. The van der Waals surface area contributed by atoms with Crippen LogP contribution in [0.3, 0.4) is 0 Å². The van der Waals surface area contributed by atoms with E-state index >= 15 is 0 Å². The molecule has 7 heteroatoms. The minimum absolute atomic E-state index is 0.0313. The average molecular weight is 341 g/mol. The first-order chi connectivity index (χ1) is 12.0. The number of nitrogens with zero attached hydrogens (tertiary/aromatic N) is 4. The number of piperidine rings is 1. The van der Waals surface area contributed by atoms with Gasteiger partial charge < -0.3 is 9.80 Å². The van der Waals surface area contributed by atoms with Gasteiger partial charge in [0.25, 0.3) is 5.91 Å². The Labute approximate surface area is 146 Å². The normalized spacial score (nSPS) is 24.0. The number of hydrogen-bond acceptors (Lipinski definition) is 4. The zero-order chi connectivity index (χ0) is 17.6. The Morgan fingerprint density at radius 3 is 2.80 bits per heavy atom. The maximum atomic E-state index is 13.0. The number of benzene rings is 1. The Morgan fingerprint density at radius 2 is 2.00 bits per heavy atom. The molecule has 1 atom stereocenters. The number of likely N-dealkylation sites (tertiary alicyclic amines) is 2. The molecule has 0 unspecified atom stereocenters. The smallest absolute Gasteiger partial charge is 0.253 e. The van der Waals surface area contributed by atoms with E-state index in [-0.39, 0.29) is 17.9 Å². The fraction of sp³-hybridized carbons (Fsp3) is 0.556. The van der Waals surface area contributed by atoms with E-state index in [1.54, 1.807) is 18.2 Å². The van der Waals surface area contributed by atoms with Crippen molar-refractivity contribution in [2.45, 2.75) is 39.2 Å². The van der Waals surface area contributed by atoms with E-state index in [9.17, 15) is 9.59 Å². The topological polar surface area (TPSA) is 82.2 Å². The Morgan fingerprint density at radius 1 is 1.20 bits per heavy atom. The van der Waals surface area contributed by atoms with Crippen molar-refractivity contribution in [2.24, 2.45) is 5.41 Å². The number of fused-ring (bicyclic) bond motifs is 1.